The zero-order chi connectivity index (χ0) is 8.27. The fraction of sp³-hybridized carbons (Fsp3) is 0.625. The van der Waals surface area contributed by atoms with E-state index in [9.17, 15) is 0 Å². The van der Waals surface area contributed by atoms with Crippen molar-refractivity contribution in [3.8, 4) is 0 Å². The van der Waals surface area contributed by atoms with E-state index in [2.05, 4.69) is 23.5 Å². The van der Waals surface area contributed by atoms with E-state index in [1.807, 2.05) is 18.8 Å². The van der Waals surface area contributed by atoms with Crippen LogP contribution >= 0.6 is 24.8 Å². The quantitative estimate of drug-likeness (QED) is 0.847. The highest BCUT2D eigenvalue weighted by Gasteiger charge is 2.02. The first kappa shape index (κ1) is 15.2. The summed E-state index contributed by atoms with van der Waals surface area (Å²) in [6.45, 7) is 3.04. The molecule has 0 spiro atoms. The van der Waals surface area contributed by atoms with Crippen LogP contribution in [0.1, 0.15) is 18.2 Å². The summed E-state index contributed by atoms with van der Waals surface area (Å²) in [6, 6.07) is 0. The van der Waals surface area contributed by atoms with E-state index in [1.54, 1.807) is 0 Å². The van der Waals surface area contributed by atoms with Gasteiger partial charge in [0.2, 0.25) is 0 Å². The van der Waals surface area contributed by atoms with Crippen molar-refractivity contribution >= 4 is 24.8 Å². The molecule has 0 amide bonds. The number of nitrogens with zero attached hydrogens (tertiary/aromatic N) is 2. The molecule has 0 saturated heterocycles. The molecule has 78 valence electrons. The average molecular weight is 226 g/mol. The lowest BCUT2D eigenvalue weighted by molar-refractivity contribution is 0.746. The molecule has 0 unspecified atom stereocenters. The maximum atomic E-state index is 4.32. The van der Waals surface area contributed by atoms with Crippen molar-refractivity contribution in [3.05, 3.63) is 17.5 Å². The van der Waals surface area contributed by atoms with Gasteiger partial charge in [0.05, 0.1) is 5.69 Å². The molecule has 13 heavy (non-hydrogen) atoms. The molecule has 0 radical (unpaired) electrons. The fourth-order valence-corrected chi connectivity index (χ4v) is 1.22. The maximum Gasteiger partial charge on any atom is 0.0666 e. The Kier molecular flexibility index (Phi) is 8.42. The van der Waals surface area contributed by atoms with Crippen LogP contribution in [0.5, 0.6) is 0 Å². The molecule has 0 atom stereocenters. The van der Waals surface area contributed by atoms with Crippen LogP contribution in [0, 0.1) is 0 Å². The monoisotopic (exact) mass is 225 g/mol. The van der Waals surface area contributed by atoms with Crippen LogP contribution in [0.25, 0.3) is 0 Å². The highest BCUT2D eigenvalue weighted by atomic mass is 35.5. The van der Waals surface area contributed by atoms with Crippen LogP contribution in [0.2, 0.25) is 0 Å². The molecule has 1 N–H and O–H groups in total. The second-order valence-electron chi connectivity index (χ2n) is 2.66. The summed E-state index contributed by atoms with van der Waals surface area (Å²) in [5.74, 6) is 0. The van der Waals surface area contributed by atoms with E-state index < -0.39 is 0 Å². The van der Waals surface area contributed by atoms with E-state index >= 15 is 0 Å². The molecule has 0 aliphatic heterocycles. The largest absolute Gasteiger partial charge is 0.316 e. The minimum atomic E-state index is 0. The Morgan fingerprint density at radius 2 is 2.08 bits per heavy atom. The third-order valence-electron chi connectivity index (χ3n) is 1.69. The molecule has 3 nitrogen and oxygen atoms in total. The molecular formula is C8H17Cl2N3. The first-order chi connectivity index (χ1) is 5.27. The summed E-state index contributed by atoms with van der Waals surface area (Å²) in [5.41, 5.74) is 2.50. The third-order valence-corrected chi connectivity index (χ3v) is 1.69. The Morgan fingerprint density at radius 1 is 1.46 bits per heavy atom. The van der Waals surface area contributed by atoms with Gasteiger partial charge in [0.1, 0.15) is 0 Å². The second-order valence-corrected chi connectivity index (χ2v) is 2.66. The zero-order valence-corrected chi connectivity index (χ0v) is 9.84. The summed E-state index contributed by atoms with van der Waals surface area (Å²) < 4.78 is 1.87. The molecule has 0 aliphatic carbocycles. The van der Waals surface area contributed by atoms with Crippen LogP contribution in [0.3, 0.4) is 0 Å². The Bertz CT molecular complexity index is 235. The van der Waals surface area contributed by atoms with Crippen LogP contribution in [-0.4, -0.2) is 16.8 Å². The van der Waals surface area contributed by atoms with Gasteiger partial charge in [-0.1, -0.05) is 6.92 Å². The van der Waals surface area contributed by atoms with E-state index in [0.717, 1.165) is 13.0 Å². The SMILES string of the molecule is CCc1nn(C)cc1CNC.Cl.Cl. The number of hydrogen-bond acceptors (Lipinski definition) is 2. The van der Waals surface area contributed by atoms with Crippen molar-refractivity contribution in [3.63, 3.8) is 0 Å². The predicted molar refractivity (Wildman–Crippen MR) is 59.8 cm³/mol. The highest BCUT2D eigenvalue weighted by molar-refractivity contribution is 5.85. The minimum absolute atomic E-state index is 0. The number of aromatic nitrogens is 2. The van der Waals surface area contributed by atoms with Gasteiger partial charge in [-0.05, 0) is 13.5 Å². The van der Waals surface area contributed by atoms with Gasteiger partial charge >= 0.3 is 0 Å². The van der Waals surface area contributed by atoms with Gasteiger partial charge in [-0.15, -0.1) is 24.8 Å². The van der Waals surface area contributed by atoms with Gasteiger partial charge in [-0.3, -0.25) is 4.68 Å². The van der Waals surface area contributed by atoms with Gasteiger partial charge in [-0.25, -0.2) is 0 Å². The van der Waals surface area contributed by atoms with Crippen molar-refractivity contribution in [1.29, 1.82) is 0 Å². The minimum Gasteiger partial charge on any atom is -0.316 e. The smallest absolute Gasteiger partial charge is 0.0666 e. The van der Waals surface area contributed by atoms with Crippen molar-refractivity contribution in [2.45, 2.75) is 19.9 Å². The molecule has 0 fully saturated rings. The molecule has 1 heterocycles. The van der Waals surface area contributed by atoms with Gasteiger partial charge in [0.25, 0.3) is 0 Å². The lowest BCUT2D eigenvalue weighted by Crippen LogP contribution is -2.05. The highest BCUT2D eigenvalue weighted by Crippen LogP contribution is 2.05. The fourth-order valence-electron chi connectivity index (χ4n) is 1.22. The standard InChI is InChI=1S/C8H15N3.2ClH/c1-4-8-7(5-9-2)6-11(3)10-8;;/h6,9H,4-5H2,1-3H3;2*1H. The summed E-state index contributed by atoms with van der Waals surface area (Å²) >= 11 is 0. The Morgan fingerprint density at radius 3 is 2.54 bits per heavy atom. The molecule has 0 aliphatic rings. The number of aryl methyl sites for hydroxylation is 2. The zero-order valence-electron chi connectivity index (χ0n) is 8.20. The lowest BCUT2D eigenvalue weighted by Gasteiger charge is -1.95. The van der Waals surface area contributed by atoms with E-state index in [1.165, 1.54) is 11.3 Å². The normalized spacial score (nSPS) is 8.85. The molecule has 0 aromatic carbocycles. The Hall–Kier alpha value is -0.250. The topological polar surface area (TPSA) is 29.9 Å². The van der Waals surface area contributed by atoms with Gasteiger partial charge in [0.15, 0.2) is 0 Å². The van der Waals surface area contributed by atoms with E-state index in [4.69, 9.17) is 0 Å². The predicted octanol–water partition coefficient (Wildman–Crippen LogP) is 1.55. The number of halogens is 2. The summed E-state index contributed by atoms with van der Waals surface area (Å²) in [5, 5.41) is 7.44. The summed E-state index contributed by atoms with van der Waals surface area (Å²) in [7, 11) is 3.91. The number of rotatable bonds is 3. The molecule has 0 saturated carbocycles. The number of hydrogen-bond donors (Lipinski definition) is 1. The molecule has 5 heteroatoms. The molecular weight excluding hydrogens is 209 g/mol. The van der Waals surface area contributed by atoms with Gasteiger partial charge in [-0.2, -0.15) is 5.10 Å². The Labute approximate surface area is 91.7 Å². The maximum absolute atomic E-state index is 4.32. The van der Waals surface area contributed by atoms with Crippen LogP contribution in [-0.2, 0) is 20.0 Å². The summed E-state index contributed by atoms with van der Waals surface area (Å²) in [4.78, 5) is 0. The van der Waals surface area contributed by atoms with Gasteiger partial charge in [0, 0.05) is 25.4 Å². The third kappa shape index (κ3) is 3.98. The van der Waals surface area contributed by atoms with Crippen LogP contribution in [0.15, 0.2) is 6.20 Å². The van der Waals surface area contributed by atoms with Gasteiger partial charge < -0.3 is 5.32 Å². The Balaban J connectivity index is 0. The summed E-state index contributed by atoms with van der Waals surface area (Å²) in [6.07, 6.45) is 3.08. The molecule has 1 aromatic heterocycles. The molecule has 1 aromatic rings. The molecule has 1 rings (SSSR count). The van der Waals surface area contributed by atoms with Crippen molar-refractivity contribution in [2.75, 3.05) is 7.05 Å². The lowest BCUT2D eigenvalue weighted by atomic mass is 10.2. The molecule has 0 bridgehead atoms. The first-order valence-corrected chi connectivity index (χ1v) is 3.94. The second kappa shape index (κ2) is 7.18. The van der Waals surface area contributed by atoms with Crippen LogP contribution in [0.4, 0.5) is 0 Å². The van der Waals surface area contributed by atoms with Crippen molar-refractivity contribution in [1.82, 2.24) is 15.1 Å². The van der Waals surface area contributed by atoms with Crippen molar-refractivity contribution < 1.29 is 0 Å². The van der Waals surface area contributed by atoms with Crippen LogP contribution < -0.4 is 5.32 Å². The number of nitrogens with one attached hydrogen (secondary N) is 1. The van der Waals surface area contributed by atoms with E-state index in [-0.39, 0.29) is 24.8 Å². The van der Waals surface area contributed by atoms with E-state index in [0.29, 0.717) is 0 Å². The van der Waals surface area contributed by atoms with Crippen molar-refractivity contribution in [2.24, 2.45) is 7.05 Å². The first-order valence-electron chi connectivity index (χ1n) is 3.94. The average Bonchev–Trinajstić information content (AvgIpc) is 2.32.